The molecular formula is C3H8N. The first kappa shape index (κ1) is 3.96. The Kier molecular flexibility index (Phi) is 2.93. The van der Waals surface area contributed by atoms with Crippen molar-refractivity contribution in [3.8, 4) is 0 Å². The monoisotopic (exact) mass is 58.1 g/mol. The Hall–Kier alpha value is -0.0400. The summed E-state index contributed by atoms with van der Waals surface area (Å²) in [6.07, 6.45) is 0.986. The van der Waals surface area contributed by atoms with Crippen LogP contribution >= 0.6 is 0 Å². The van der Waals surface area contributed by atoms with Gasteiger partial charge < -0.3 is 0 Å². The smallest absolute Gasteiger partial charge is 0.00971 e. The maximum absolute atomic E-state index is 6.45. The van der Waals surface area contributed by atoms with Crippen molar-refractivity contribution in [3.63, 3.8) is 0 Å². The second-order valence-corrected chi connectivity index (χ2v) is 0.750. The van der Waals surface area contributed by atoms with Crippen molar-refractivity contribution in [1.82, 2.24) is 5.73 Å². The van der Waals surface area contributed by atoms with E-state index in [-0.39, 0.29) is 0 Å². The Morgan fingerprint density at radius 2 is 2.00 bits per heavy atom. The summed E-state index contributed by atoms with van der Waals surface area (Å²) in [7, 11) is 0. The molecule has 0 heterocycles. The van der Waals surface area contributed by atoms with Crippen LogP contribution in [0, 0.1) is 0 Å². The predicted octanol–water partition coefficient (Wildman–Crippen LogP) is 0.679. The van der Waals surface area contributed by atoms with Gasteiger partial charge in [-0.05, 0) is 6.42 Å². The van der Waals surface area contributed by atoms with Crippen molar-refractivity contribution in [2.45, 2.75) is 13.3 Å². The summed E-state index contributed by atoms with van der Waals surface area (Å²) < 4.78 is 0. The first-order chi connectivity index (χ1) is 1.91. The molecule has 0 unspecified atom stereocenters. The molecule has 0 amide bonds. The molecule has 0 bridgehead atoms. The van der Waals surface area contributed by atoms with Crippen molar-refractivity contribution in [3.05, 3.63) is 0 Å². The molecule has 0 aromatic carbocycles. The van der Waals surface area contributed by atoms with Crippen molar-refractivity contribution in [1.29, 1.82) is 0 Å². The zero-order valence-corrected chi connectivity index (χ0v) is 2.91. The fourth-order valence-electron chi connectivity index (χ4n) is 0. The van der Waals surface area contributed by atoms with E-state index < -0.39 is 0 Å². The van der Waals surface area contributed by atoms with Gasteiger partial charge in [-0.1, -0.05) is 6.92 Å². The van der Waals surface area contributed by atoms with E-state index in [4.69, 9.17) is 5.73 Å². The second-order valence-electron chi connectivity index (χ2n) is 0.750. The molecule has 0 aromatic heterocycles. The Bertz CT molecular complexity index is 5.25. The molecule has 1 nitrogen and oxygen atoms in total. The molecule has 0 atom stereocenters. The van der Waals surface area contributed by atoms with Crippen molar-refractivity contribution >= 4 is 0 Å². The fraction of sp³-hybridized carbons (Fsp3) is 1.00. The zero-order chi connectivity index (χ0) is 3.41. The summed E-state index contributed by atoms with van der Waals surface area (Å²) in [5, 5.41) is 0. The highest BCUT2D eigenvalue weighted by Crippen LogP contribution is 1.60. The molecule has 0 aromatic rings. The van der Waals surface area contributed by atoms with Gasteiger partial charge in [-0.2, -0.15) is 0 Å². The normalized spacial score (nSPS) is 7.50. The van der Waals surface area contributed by atoms with E-state index >= 15 is 0 Å². The highest BCUT2D eigenvalue weighted by Gasteiger charge is 1.57. The van der Waals surface area contributed by atoms with E-state index in [0.717, 1.165) is 6.42 Å². The topological polar surface area (TPSA) is 23.8 Å². The summed E-state index contributed by atoms with van der Waals surface area (Å²) in [5.41, 5.74) is 6.45. The first-order valence-electron chi connectivity index (χ1n) is 1.56. The Morgan fingerprint density at radius 1 is 1.75 bits per heavy atom. The molecule has 0 fully saturated rings. The number of nitrogens with one attached hydrogen (secondary N) is 1. The standard InChI is InChI=1S/C3H8N/c1-2-3-4/h4H,2-3H2,1H3. The van der Waals surface area contributed by atoms with Gasteiger partial charge in [0.2, 0.25) is 0 Å². The summed E-state index contributed by atoms with van der Waals surface area (Å²) in [6.45, 7) is 2.56. The van der Waals surface area contributed by atoms with E-state index in [1.807, 2.05) is 6.92 Å². The van der Waals surface area contributed by atoms with Gasteiger partial charge in [0.05, 0.1) is 0 Å². The highest BCUT2D eigenvalue weighted by molar-refractivity contribution is 4.18. The van der Waals surface area contributed by atoms with Gasteiger partial charge in [0.25, 0.3) is 0 Å². The van der Waals surface area contributed by atoms with Gasteiger partial charge in [0, 0.05) is 6.54 Å². The van der Waals surface area contributed by atoms with Crippen LogP contribution in [-0.2, 0) is 0 Å². The fourth-order valence-corrected chi connectivity index (χ4v) is 0. The summed E-state index contributed by atoms with van der Waals surface area (Å²) >= 11 is 0. The molecule has 0 aliphatic heterocycles. The molecule has 0 aliphatic rings. The third kappa shape index (κ3) is 1.96. The Labute approximate surface area is 26.8 Å². The molecule has 0 rings (SSSR count). The molecular weight excluding hydrogens is 50.0 g/mol. The van der Waals surface area contributed by atoms with Gasteiger partial charge in [0.1, 0.15) is 0 Å². The minimum Gasteiger partial charge on any atom is -0.258 e. The van der Waals surface area contributed by atoms with Crippen molar-refractivity contribution in [2.24, 2.45) is 0 Å². The Morgan fingerprint density at radius 3 is 2.00 bits per heavy atom. The van der Waals surface area contributed by atoms with Crippen LogP contribution in [0.4, 0.5) is 0 Å². The molecule has 0 aliphatic carbocycles. The predicted molar refractivity (Wildman–Crippen MR) is 18.3 cm³/mol. The molecule has 4 heavy (non-hydrogen) atoms. The average Bonchev–Trinajstić information content (AvgIpc) is 1.37. The Balaban J connectivity index is 1.97. The summed E-state index contributed by atoms with van der Waals surface area (Å²) in [4.78, 5) is 0. The zero-order valence-electron chi connectivity index (χ0n) is 2.91. The molecule has 1 heteroatoms. The van der Waals surface area contributed by atoms with Crippen molar-refractivity contribution < 1.29 is 0 Å². The van der Waals surface area contributed by atoms with Gasteiger partial charge in [-0.15, -0.1) is 0 Å². The molecule has 0 saturated heterocycles. The maximum atomic E-state index is 6.45. The maximum Gasteiger partial charge on any atom is 0.00971 e. The molecule has 0 spiro atoms. The molecule has 25 valence electrons. The number of hydrogen-bond donors (Lipinski definition) is 0. The molecule has 0 saturated carbocycles. The van der Waals surface area contributed by atoms with E-state index in [1.165, 1.54) is 0 Å². The molecule has 1 radical (unpaired) electrons. The lowest BCUT2D eigenvalue weighted by molar-refractivity contribution is 0.907. The van der Waals surface area contributed by atoms with Gasteiger partial charge in [-0.25, -0.2) is 0 Å². The molecule has 1 N–H and O–H groups in total. The summed E-state index contributed by atoms with van der Waals surface area (Å²) in [6, 6.07) is 0. The largest absolute Gasteiger partial charge is 0.258 e. The van der Waals surface area contributed by atoms with Crippen LogP contribution < -0.4 is 5.73 Å². The van der Waals surface area contributed by atoms with E-state index in [9.17, 15) is 0 Å². The number of rotatable bonds is 1. The quantitative estimate of drug-likeness (QED) is 0.423. The van der Waals surface area contributed by atoms with Crippen LogP contribution in [0.2, 0.25) is 0 Å². The van der Waals surface area contributed by atoms with Gasteiger partial charge in [0.15, 0.2) is 0 Å². The average molecular weight is 58.1 g/mol. The van der Waals surface area contributed by atoms with E-state index in [2.05, 4.69) is 0 Å². The lowest BCUT2D eigenvalue weighted by Crippen LogP contribution is -1.74. The minimum atomic E-state index is 0.569. The third-order valence-corrected chi connectivity index (χ3v) is 0.250. The van der Waals surface area contributed by atoms with Crippen LogP contribution in [0.3, 0.4) is 0 Å². The minimum absolute atomic E-state index is 0.569. The van der Waals surface area contributed by atoms with E-state index in [0.29, 0.717) is 6.54 Å². The second kappa shape index (κ2) is 2.96. The SMILES string of the molecule is CCC[NH]. The van der Waals surface area contributed by atoms with Gasteiger partial charge in [-0.3, -0.25) is 5.73 Å². The van der Waals surface area contributed by atoms with Gasteiger partial charge >= 0.3 is 0 Å². The van der Waals surface area contributed by atoms with Crippen LogP contribution in [0.15, 0.2) is 0 Å². The summed E-state index contributed by atoms with van der Waals surface area (Å²) in [5.74, 6) is 0. The van der Waals surface area contributed by atoms with Crippen LogP contribution in [0.1, 0.15) is 13.3 Å². The van der Waals surface area contributed by atoms with Crippen LogP contribution in [0.5, 0.6) is 0 Å². The number of hydrogen-bond acceptors (Lipinski definition) is 0. The van der Waals surface area contributed by atoms with Crippen LogP contribution in [0.25, 0.3) is 0 Å². The lowest BCUT2D eigenvalue weighted by atomic mass is 10.5. The van der Waals surface area contributed by atoms with Crippen LogP contribution in [-0.4, -0.2) is 6.54 Å². The lowest BCUT2D eigenvalue weighted by Gasteiger charge is -1.68. The highest BCUT2D eigenvalue weighted by atomic mass is 14.5. The van der Waals surface area contributed by atoms with Crippen molar-refractivity contribution in [2.75, 3.05) is 6.54 Å². The third-order valence-electron chi connectivity index (χ3n) is 0.250. The van der Waals surface area contributed by atoms with E-state index in [1.54, 1.807) is 0 Å². The first-order valence-corrected chi connectivity index (χ1v) is 1.56.